The van der Waals surface area contributed by atoms with Crippen molar-refractivity contribution in [2.24, 2.45) is 5.50 Å². The average Bonchev–Trinajstić information content (AvgIpc) is 1.68. The van der Waals surface area contributed by atoms with Crippen LogP contribution in [0.5, 0.6) is 0 Å². The maximum absolute atomic E-state index is 5.42. The molecule has 0 aliphatic carbocycles. The van der Waals surface area contributed by atoms with E-state index in [9.17, 15) is 0 Å². The zero-order chi connectivity index (χ0) is 5.91. The molecule has 3 nitrogen and oxygen atoms in total. The molecule has 0 aromatic heterocycles. The van der Waals surface area contributed by atoms with Gasteiger partial charge < -0.3 is 0 Å². The summed E-state index contributed by atoms with van der Waals surface area (Å²) in [4.78, 5) is 0. The van der Waals surface area contributed by atoms with Crippen LogP contribution >= 0.6 is 6.49 Å². The van der Waals surface area contributed by atoms with Crippen LogP contribution in [0.2, 0.25) is 0 Å². The number of hydrogen-bond acceptors (Lipinski definition) is 1. The molecule has 4 N–H and O–H groups in total. The minimum atomic E-state index is -1.82. The van der Waals surface area contributed by atoms with Crippen molar-refractivity contribution < 1.29 is 0 Å². The maximum Gasteiger partial charge on any atom is 0.134 e. The van der Waals surface area contributed by atoms with Gasteiger partial charge in [0.25, 0.3) is 0 Å². The maximum atomic E-state index is 5.42. The minimum absolute atomic E-state index is 1.75. The quantitative estimate of drug-likeness (QED) is 0.456. The lowest BCUT2D eigenvalue weighted by molar-refractivity contribution is 1.14. The Morgan fingerprint density at radius 2 is 1.71 bits per heavy atom. The summed E-state index contributed by atoms with van der Waals surface area (Å²) in [5.41, 5.74) is 5.42. The first kappa shape index (κ1) is 7.53. The Kier molecular flexibility index (Phi) is 2.95. The first-order chi connectivity index (χ1) is 3.12. The lowest BCUT2D eigenvalue weighted by Crippen LogP contribution is -2.21. The summed E-state index contributed by atoms with van der Waals surface area (Å²) < 4.78 is 0. The topological polar surface area (TPSA) is 50.1 Å². The van der Waals surface area contributed by atoms with Crippen LogP contribution in [0, 0.1) is 0 Å². The number of hydrogen-bond donors (Lipinski definition) is 3. The third-order valence-electron chi connectivity index (χ3n) is 0.664. The van der Waals surface area contributed by atoms with Gasteiger partial charge in [-0.05, 0) is 25.9 Å². The summed E-state index contributed by atoms with van der Waals surface area (Å²) in [6.45, 7) is -1.82. The van der Waals surface area contributed by atoms with Gasteiger partial charge in [-0.1, -0.05) is 0 Å². The van der Waals surface area contributed by atoms with Crippen molar-refractivity contribution in [2.45, 2.75) is 0 Å². The fraction of sp³-hybridized carbons (Fsp3) is 1.00. The van der Waals surface area contributed by atoms with Crippen LogP contribution in [0.15, 0.2) is 0 Å². The zero-order valence-electron chi connectivity index (χ0n) is 4.43. The van der Waals surface area contributed by atoms with E-state index in [-0.39, 0.29) is 0 Å². The van der Waals surface area contributed by atoms with E-state index in [0.717, 1.165) is 0 Å². The van der Waals surface area contributed by atoms with Crippen LogP contribution in [0.1, 0.15) is 0 Å². The molecular weight excluding hydrogens is 129 g/mol. The first-order valence-corrected chi connectivity index (χ1v) is 4.76. The van der Waals surface area contributed by atoms with Gasteiger partial charge >= 0.3 is 0 Å². The predicted molar refractivity (Wildman–Crippen MR) is 36.6 cm³/mol. The highest BCUT2D eigenvalue weighted by atomic mass is 32.4. The summed E-state index contributed by atoms with van der Waals surface area (Å²) >= 11 is 4.81. The number of rotatable bonds is 2. The number of nitrogens with two attached hydrogens (primary N) is 1. The van der Waals surface area contributed by atoms with Crippen molar-refractivity contribution in [2.75, 3.05) is 14.1 Å². The largest absolute Gasteiger partial charge is 0.279 e. The molecule has 0 rings (SSSR count). The van der Waals surface area contributed by atoms with Gasteiger partial charge in [0.05, 0.1) is 0 Å². The lowest BCUT2D eigenvalue weighted by Gasteiger charge is -2.11. The second-order valence-corrected chi connectivity index (χ2v) is 5.04. The van der Waals surface area contributed by atoms with Gasteiger partial charge in [0, 0.05) is 0 Å². The Labute approximate surface area is 48.8 Å². The Balaban J connectivity index is 3.61. The predicted octanol–water partition coefficient (Wildman–Crippen LogP) is -0.392. The highest BCUT2D eigenvalue weighted by Gasteiger charge is 1.98. The highest BCUT2D eigenvalue weighted by molar-refractivity contribution is 8.11. The molecule has 0 bridgehead atoms. The summed E-state index contributed by atoms with van der Waals surface area (Å²) in [5.74, 6) is 0. The molecule has 0 fully saturated rings. The molecule has 0 amide bonds. The standard InChI is InChI=1S/C2H10N3PS/c1-4-6(3,7)5-2/h1-2H3,(H4,3,4,5,7). The summed E-state index contributed by atoms with van der Waals surface area (Å²) in [6, 6.07) is 0. The Bertz CT molecular complexity index is 84.9. The monoisotopic (exact) mass is 139 g/mol. The van der Waals surface area contributed by atoms with Crippen molar-refractivity contribution >= 4 is 18.3 Å². The molecule has 0 heterocycles. The third kappa shape index (κ3) is 3.14. The van der Waals surface area contributed by atoms with E-state index in [1.54, 1.807) is 14.1 Å². The highest BCUT2D eigenvalue weighted by Crippen LogP contribution is 2.20. The van der Waals surface area contributed by atoms with Crippen molar-refractivity contribution in [1.82, 2.24) is 10.2 Å². The molecule has 5 heteroatoms. The van der Waals surface area contributed by atoms with Crippen molar-refractivity contribution in [3.8, 4) is 0 Å². The van der Waals surface area contributed by atoms with E-state index in [1.807, 2.05) is 0 Å². The van der Waals surface area contributed by atoms with Crippen LogP contribution in [-0.4, -0.2) is 14.1 Å². The van der Waals surface area contributed by atoms with Gasteiger partial charge in [0.1, 0.15) is 6.49 Å². The summed E-state index contributed by atoms with van der Waals surface area (Å²) in [7, 11) is 3.49. The van der Waals surface area contributed by atoms with Crippen LogP contribution in [0.4, 0.5) is 0 Å². The van der Waals surface area contributed by atoms with E-state index in [0.29, 0.717) is 0 Å². The molecule has 0 aromatic rings. The molecule has 0 aliphatic heterocycles. The van der Waals surface area contributed by atoms with Gasteiger partial charge in [-0.15, -0.1) is 0 Å². The van der Waals surface area contributed by atoms with Crippen LogP contribution in [0.3, 0.4) is 0 Å². The molecule has 44 valence electrons. The molecule has 0 saturated carbocycles. The molecule has 7 heavy (non-hydrogen) atoms. The van der Waals surface area contributed by atoms with Crippen molar-refractivity contribution in [3.05, 3.63) is 0 Å². The van der Waals surface area contributed by atoms with E-state index in [2.05, 4.69) is 10.2 Å². The van der Waals surface area contributed by atoms with Gasteiger partial charge in [0.2, 0.25) is 0 Å². The van der Waals surface area contributed by atoms with Gasteiger partial charge in [-0.25, -0.2) is 0 Å². The Morgan fingerprint density at radius 1 is 1.43 bits per heavy atom. The minimum Gasteiger partial charge on any atom is -0.279 e. The molecule has 0 aromatic carbocycles. The van der Waals surface area contributed by atoms with Gasteiger partial charge in [-0.2, -0.15) is 0 Å². The second-order valence-electron chi connectivity index (χ2n) is 1.11. The normalized spacial score (nSPS) is 11.9. The second kappa shape index (κ2) is 2.74. The zero-order valence-corrected chi connectivity index (χ0v) is 6.14. The third-order valence-corrected chi connectivity index (χ3v) is 3.09. The molecule has 0 aliphatic rings. The smallest absolute Gasteiger partial charge is 0.134 e. The van der Waals surface area contributed by atoms with Gasteiger partial charge in [-0.3, -0.25) is 15.7 Å². The average molecular weight is 139 g/mol. The SMILES string of the molecule is CNP(N)(=S)NC. The van der Waals surface area contributed by atoms with E-state index in [1.165, 1.54) is 0 Å². The molecular formula is C2H10N3PS. The fourth-order valence-electron chi connectivity index (χ4n) is 0.112. The summed E-state index contributed by atoms with van der Waals surface area (Å²) in [6.07, 6.45) is 0. The van der Waals surface area contributed by atoms with E-state index < -0.39 is 6.49 Å². The van der Waals surface area contributed by atoms with E-state index in [4.69, 9.17) is 17.3 Å². The Morgan fingerprint density at radius 3 is 1.71 bits per heavy atom. The molecule has 0 atom stereocenters. The molecule has 0 saturated heterocycles. The van der Waals surface area contributed by atoms with Crippen LogP contribution < -0.4 is 15.7 Å². The van der Waals surface area contributed by atoms with Crippen LogP contribution in [-0.2, 0) is 11.8 Å². The van der Waals surface area contributed by atoms with Gasteiger partial charge in [0.15, 0.2) is 0 Å². The summed E-state index contributed by atoms with van der Waals surface area (Å²) in [5, 5.41) is 5.57. The van der Waals surface area contributed by atoms with Crippen molar-refractivity contribution in [3.63, 3.8) is 0 Å². The van der Waals surface area contributed by atoms with Crippen LogP contribution in [0.25, 0.3) is 0 Å². The molecule has 0 radical (unpaired) electrons. The first-order valence-electron chi connectivity index (χ1n) is 1.89. The lowest BCUT2D eigenvalue weighted by atomic mass is 11.6. The Hall–Kier alpha value is 0.530. The molecule has 0 spiro atoms. The molecule has 0 unspecified atom stereocenters. The van der Waals surface area contributed by atoms with E-state index >= 15 is 0 Å². The van der Waals surface area contributed by atoms with Crippen molar-refractivity contribution in [1.29, 1.82) is 0 Å². The number of nitrogens with one attached hydrogen (secondary N) is 2. The fourth-order valence-corrected chi connectivity index (χ4v) is 0.335.